The van der Waals surface area contributed by atoms with Gasteiger partial charge in [-0.1, -0.05) is 23.8 Å². The standard InChI is InChI=1S/C14H14ClF3/c15-13-3-1-2-11(9-13)8-10-4-6-12(7-5-10)14(16,17)18/h4-7,9,13H,1-3,8H2. The largest absolute Gasteiger partial charge is 0.416 e. The predicted octanol–water partition coefficient (Wildman–Crippen LogP) is 4.97. The van der Waals surface area contributed by atoms with Crippen LogP contribution in [0.25, 0.3) is 0 Å². The van der Waals surface area contributed by atoms with E-state index in [2.05, 4.69) is 0 Å². The molecule has 0 saturated carbocycles. The van der Waals surface area contributed by atoms with E-state index in [9.17, 15) is 13.2 Å². The maximum absolute atomic E-state index is 12.4. The van der Waals surface area contributed by atoms with Crippen LogP contribution in [0.2, 0.25) is 0 Å². The third-order valence-corrected chi connectivity index (χ3v) is 3.45. The van der Waals surface area contributed by atoms with Gasteiger partial charge in [0.05, 0.1) is 10.9 Å². The topological polar surface area (TPSA) is 0 Å². The molecule has 1 aliphatic rings. The molecule has 0 heterocycles. The van der Waals surface area contributed by atoms with Gasteiger partial charge in [0.2, 0.25) is 0 Å². The van der Waals surface area contributed by atoms with E-state index < -0.39 is 11.7 Å². The highest BCUT2D eigenvalue weighted by atomic mass is 35.5. The molecule has 1 aliphatic carbocycles. The molecule has 0 bridgehead atoms. The molecule has 1 unspecified atom stereocenters. The van der Waals surface area contributed by atoms with Crippen LogP contribution in [0.5, 0.6) is 0 Å². The molecule has 4 heteroatoms. The Labute approximate surface area is 109 Å². The quantitative estimate of drug-likeness (QED) is 0.528. The zero-order valence-electron chi connectivity index (χ0n) is 9.80. The summed E-state index contributed by atoms with van der Waals surface area (Å²) in [6.07, 6.45) is 1.50. The van der Waals surface area contributed by atoms with Crippen molar-refractivity contribution in [3.05, 3.63) is 47.0 Å². The highest BCUT2D eigenvalue weighted by Gasteiger charge is 2.29. The zero-order valence-corrected chi connectivity index (χ0v) is 10.6. The lowest BCUT2D eigenvalue weighted by molar-refractivity contribution is -0.137. The number of benzene rings is 1. The lowest BCUT2D eigenvalue weighted by Crippen LogP contribution is -2.06. The van der Waals surface area contributed by atoms with E-state index in [0.29, 0.717) is 6.42 Å². The molecule has 2 rings (SSSR count). The Morgan fingerprint density at radius 2 is 1.83 bits per heavy atom. The highest BCUT2D eigenvalue weighted by Crippen LogP contribution is 2.30. The average Bonchev–Trinajstić information content (AvgIpc) is 2.28. The number of hydrogen-bond acceptors (Lipinski definition) is 0. The van der Waals surface area contributed by atoms with E-state index in [4.69, 9.17) is 11.6 Å². The number of hydrogen-bond donors (Lipinski definition) is 0. The molecule has 0 aliphatic heterocycles. The molecule has 0 radical (unpaired) electrons. The minimum absolute atomic E-state index is 0.0724. The van der Waals surface area contributed by atoms with E-state index in [0.717, 1.165) is 37.0 Å². The summed E-state index contributed by atoms with van der Waals surface area (Å²) < 4.78 is 37.2. The lowest BCUT2D eigenvalue weighted by Gasteiger charge is -2.16. The van der Waals surface area contributed by atoms with Gasteiger partial charge in [0.15, 0.2) is 0 Å². The Hall–Kier alpha value is -0.960. The van der Waals surface area contributed by atoms with Crippen molar-refractivity contribution in [3.8, 4) is 0 Å². The fourth-order valence-corrected chi connectivity index (χ4v) is 2.50. The molecular weight excluding hydrogens is 261 g/mol. The van der Waals surface area contributed by atoms with Crippen molar-refractivity contribution >= 4 is 11.6 Å². The predicted molar refractivity (Wildman–Crippen MR) is 66.7 cm³/mol. The summed E-state index contributed by atoms with van der Waals surface area (Å²) in [6.45, 7) is 0. The molecule has 1 atom stereocenters. The summed E-state index contributed by atoms with van der Waals surface area (Å²) in [4.78, 5) is 0. The van der Waals surface area contributed by atoms with Crippen LogP contribution in [0.4, 0.5) is 13.2 Å². The van der Waals surface area contributed by atoms with Gasteiger partial charge in [-0.15, -0.1) is 11.6 Å². The smallest absolute Gasteiger partial charge is 0.166 e. The Bertz CT molecular complexity index is 431. The second-order valence-corrected chi connectivity index (χ2v) is 5.17. The van der Waals surface area contributed by atoms with Crippen LogP contribution >= 0.6 is 11.6 Å². The van der Waals surface area contributed by atoms with Gasteiger partial charge in [-0.25, -0.2) is 0 Å². The van der Waals surface area contributed by atoms with Gasteiger partial charge >= 0.3 is 6.18 Å². The van der Waals surface area contributed by atoms with Crippen LogP contribution in [-0.4, -0.2) is 5.38 Å². The van der Waals surface area contributed by atoms with Crippen molar-refractivity contribution in [1.82, 2.24) is 0 Å². The first-order valence-corrected chi connectivity index (χ1v) is 6.38. The molecule has 0 saturated heterocycles. The molecule has 0 aromatic heterocycles. The molecule has 0 spiro atoms. The zero-order chi connectivity index (χ0) is 13.2. The fraction of sp³-hybridized carbons (Fsp3) is 0.429. The third-order valence-electron chi connectivity index (χ3n) is 3.11. The van der Waals surface area contributed by atoms with Crippen LogP contribution in [-0.2, 0) is 12.6 Å². The number of halogens is 4. The van der Waals surface area contributed by atoms with Crippen molar-refractivity contribution in [1.29, 1.82) is 0 Å². The van der Waals surface area contributed by atoms with Crippen molar-refractivity contribution in [2.45, 2.75) is 37.2 Å². The van der Waals surface area contributed by atoms with E-state index in [1.165, 1.54) is 5.57 Å². The van der Waals surface area contributed by atoms with E-state index in [1.807, 2.05) is 6.08 Å². The minimum atomic E-state index is -4.26. The molecular formula is C14H14ClF3. The van der Waals surface area contributed by atoms with E-state index in [1.54, 1.807) is 12.1 Å². The van der Waals surface area contributed by atoms with Gasteiger partial charge in [0.25, 0.3) is 0 Å². The van der Waals surface area contributed by atoms with Crippen LogP contribution < -0.4 is 0 Å². The monoisotopic (exact) mass is 274 g/mol. The van der Waals surface area contributed by atoms with Gasteiger partial charge < -0.3 is 0 Å². The summed E-state index contributed by atoms with van der Waals surface area (Å²) in [7, 11) is 0. The second kappa shape index (κ2) is 5.35. The minimum Gasteiger partial charge on any atom is -0.166 e. The van der Waals surface area contributed by atoms with Crippen molar-refractivity contribution < 1.29 is 13.2 Å². The van der Waals surface area contributed by atoms with Crippen molar-refractivity contribution in [2.24, 2.45) is 0 Å². The van der Waals surface area contributed by atoms with E-state index in [-0.39, 0.29) is 5.38 Å². The summed E-state index contributed by atoms with van der Waals surface area (Å²) in [6, 6.07) is 5.36. The maximum atomic E-state index is 12.4. The number of allylic oxidation sites excluding steroid dienone is 2. The van der Waals surface area contributed by atoms with Crippen LogP contribution in [0.1, 0.15) is 30.4 Å². The molecule has 0 amide bonds. The molecule has 0 fully saturated rings. The molecule has 98 valence electrons. The van der Waals surface area contributed by atoms with Gasteiger partial charge in [-0.05, 0) is 43.4 Å². The van der Waals surface area contributed by atoms with Crippen molar-refractivity contribution in [3.63, 3.8) is 0 Å². The Morgan fingerprint density at radius 3 is 2.39 bits per heavy atom. The Balaban J connectivity index is 2.07. The highest BCUT2D eigenvalue weighted by molar-refractivity contribution is 6.21. The van der Waals surface area contributed by atoms with Gasteiger partial charge in [0.1, 0.15) is 0 Å². The van der Waals surface area contributed by atoms with Crippen LogP contribution in [0.3, 0.4) is 0 Å². The first-order valence-electron chi connectivity index (χ1n) is 5.95. The molecule has 1 aromatic rings. The summed E-state index contributed by atoms with van der Waals surface area (Å²) in [5, 5.41) is 0.0724. The SMILES string of the molecule is FC(F)(F)c1ccc(CC2=CC(Cl)CCC2)cc1. The Kier molecular flexibility index (Phi) is 4.00. The summed E-state index contributed by atoms with van der Waals surface area (Å²) in [5.41, 5.74) is 1.53. The second-order valence-electron chi connectivity index (χ2n) is 4.60. The lowest BCUT2D eigenvalue weighted by atomic mass is 9.93. The normalized spacial score (nSPS) is 20.7. The third kappa shape index (κ3) is 3.52. The summed E-state index contributed by atoms with van der Waals surface area (Å²) >= 11 is 6.04. The molecule has 18 heavy (non-hydrogen) atoms. The fourth-order valence-electron chi connectivity index (χ4n) is 2.17. The first-order chi connectivity index (χ1) is 8.45. The number of alkyl halides is 4. The van der Waals surface area contributed by atoms with Crippen LogP contribution in [0.15, 0.2) is 35.9 Å². The molecule has 0 N–H and O–H groups in total. The van der Waals surface area contributed by atoms with Gasteiger partial charge in [-0.3, -0.25) is 0 Å². The summed E-state index contributed by atoms with van der Waals surface area (Å²) in [5.74, 6) is 0. The number of rotatable bonds is 2. The van der Waals surface area contributed by atoms with Gasteiger partial charge in [0, 0.05) is 0 Å². The molecule has 1 aromatic carbocycles. The average molecular weight is 275 g/mol. The Morgan fingerprint density at radius 1 is 1.17 bits per heavy atom. The molecule has 0 nitrogen and oxygen atoms in total. The van der Waals surface area contributed by atoms with Crippen molar-refractivity contribution in [2.75, 3.05) is 0 Å². The van der Waals surface area contributed by atoms with E-state index >= 15 is 0 Å². The first kappa shape index (κ1) is 13.5. The maximum Gasteiger partial charge on any atom is 0.416 e. The van der Waals surface area contributed by atoms with Crippen LogP contribution in [0, 0.1) is 0 Å². The van der Waals surface area contributed by atoms with Gasteiger partial charge in [-0.2, -0.15) is 13.2 Å².